The molecule has 1 saturated heterocycles. The van der Waals surface area contributed by atoms with Gasteiger partial charge in [0.05, 0.1) is 23.1 Å². The van der Waals surface area contributed by atoms with Crippen LogP contribution in [0.25, 0.3) is 0 Å². The van der Waals surface area contributed by atoms with Crippen molar-refractivity contribution in [2.45, 2.75) is 19.3 Å². The average molecular weight is 436 g/mol. The van der Waals surface area contributed by atoms with Gasteiger partial charge in [0.1, 0.15) is 5.82 Å². The van der Waals surface area contributed by atoms with Gasteiger partial charge in [0, 0.05) is 5.69 Å². The van der Waals surface area contributed by atoms with Crippen LogP contribution < -0.4 is 10.2 Å². The summed E-state index contributed by atoms with van der Waals surface area (Å²) in [5.74, 6) is -2.06. The minimum absolute atomic E-state index is 0.137. The van der Waals surface area contributed by atoms with Crippen LogP contribution in [0.2, 0.25) is 0 Å². The van der Waals surface area contributed by atoms with Gasteiger partial charge in [-0.25, -0.2) is 9.18 Å². The molecule has 1 N–H and O–H groups in total. The number of imide groups is 1. The molecule has 4 atom stereocenters. The zero-order valence-corrected chi connectivity index (χ0v) is 17.1. The second-order valence-corrected chi connectivity index (χ2v) is 8.58. The van der Waals surface area contributed by atoms with Gasteiger partial charge >= 0.3 is 5.97 Å². The van der Waals surface area contributed by atoms with E-state index in [9.17, 15) is 23.6 Å². The molecule has 1 heterocycles. The molecule has 3 fully saturated rings. The van der Waals surface area contributed by atoms with Gasteiger partial charge < -0.3 is 10.1 Å². The van der Waals surface area contributed by atoms with Gasteiger partial charge in [-0.05, 0) is 73.6 Å². The zero-order chi connectivity index (χ0) is 22.4. The first-order chi connectivity index (χ1) is 15.4. The Hall–Kier alpha value is -3.55. The molecule has 2 bridgehead atoms. The summed E-state index contributed by atoms with van der Waals surface area (Å²) in [6, 6.07) is 11.3. The normalized spacial score (nSPS) is 25.7. The van der Waals surface area contributed by atoms with Crippen molar-refractivity contribution in [2.24, 2.45) is 23.7 Å². The van der Waals surface area contributed by atoms with E-state index >= 15 is 0 Å². The Balaban J connectivity index is 1.24. The largest absolute Gasteiger partial charge is 0.452 e. The van der Waals surface area contributed by atoms with Crippen LogP contribution in [-0.4, -0.2) is 30.3 Å². The molecule has 32 heavy (non-hydrogen) atoms. The summed E-state index contributed by atoms with van der Waals surface area (Å²) < 4.78 is 18.0. The summed E-state index contributed by atoms with van der Waals surface area (Å²) in [4.78, 5) is 51.6. The second-order valence-electron chi connectivity index (χ2n) is 8.58. The summed E-state index contributed by atoms with van der Waals surface area (Å²) in [6.07, 6.45) is 2.93. The summed E-state index contributed by atoms with van der Waals surface area (Å²) >= 11 is 0. The summed E-state index contributed by atoms with van der Waals surface area (Å²) in [6.45, 7) is -0.532. The number of fused-ring (bicyclic) bond motifs is 5. The molecule has 0 aromatic heterocycles. The highest BCUT2D eigenvalue weighted by atomic mass is 19.1. The molecule has 5 rings (SSSR count). The lowest BCUT2D eigenvalue weighted by molar-refractivity contribution is -0.123. The van der Waals surface area contributed by atoms with Gasteiger partial charge in [-0.2, -0.15) is 0 Å². The van der Waals surface area contributed by atoms with Crippen molar-refractivity contribution in [1.29, 1.82) is 0 Å². The number of nitrogens with zero attached hydrogens (tertiary/aromatic N) is 1. The Morgan fingerprint density at radius 3 is 2.31 bits per heavy atom. The number of esters is 1. The van der Waals surface area contributed by atoms with E-state index in [2.05, 4.69) is 5.32 Å². The van der Waals surface area contributed by atoms with Gasteiger partial charge in [-0.15, -0.1) is 0 Å². The summed E-state index contributed by atoms with van der Waals surface area (Å²) in [5.41, 5.74) is 0.858. The van der Waals surface area contributed by atoms with Crippen molar-refractivity contribution in [2.75, 3.05) is 16.8 Å². The molecule has 0 unspecified atom stereocenters. The van der Waals surface area contributed by atoms with Crippen LogP contribution in [0.4, 0.5) is 15.8 Å². The average Bonchev–Trinajstić information content (AvgIpc) is 3.47. The molecule has 2 aliphatic carbocycles. The highest BCUT2D eigenvalue weighted by Crippen LogP contribution is 2.56. The molecule has 164 valence electrons. The van der Waals surface area contributed by atoms with Crippen molar-refractivity contribution >= 4 is 35.1 Å². The molecule has 8 heteroatoms. The lowest BCUT2D eigenvalue weighted by Crippen LogP contribution is -2.32. The summed E-state index contributed by atoms with van der Waals surface area (Å²) in [7, 11) is 0. The number of hydrogen-bond donors (Lipinski definition) is 1. The maximum absolute atomic E-state index is 13.0. The number of carbonyl (C=O) groups is 4. The third kappa shape index (κ3) is 3.45. The van der Waals surface area contributed by atoms with Gasteiger partial charge in [0.15, 0.2) is 6.61 Å². The lowest BCUT2D eigenvalue weighted by atomic mass is 9.81. The van der Waals surface area contributed by atoms with Gasteiger partial charge in [0.25, 0.3) is 5.91 Å². The van der Waals surface area contributed by atoms with Gasteiger partial charge in [-0.3, -0.25) is 19.3 Å². The zero-order valence-electron chi connectivity index (χ0n) is 17.1. The van der Waals surface area contributed by atoms with Crippen LogP contribution in [0.3, 0.4) is 0 Å². The minimum atomic E-state index is -0.750. The fraction of sp³-hybridized carbons (Fsp3) is 0.333. The Kier molecular flexibility index (Phi) is 5.00. The molecular weight excluding hydrogens is 415 g/mol. The predicted octanol–water partition coefficient (Wildman–Crippen LogP) is 3.16. The molecule has 0 radical (unpaired) electrons. The number of halogens is 1. The highest BCUT2D eigenvalue weighted by Gasteiger charge is 2.61. The first kappa shape index (κ1) is 20.4. The summed E-state index contributed by atoms with van der Waals surface area (Å²) in [5, 5.41) is 2.50. The van der Waals surface area contributed by atoms with E-state index in [1.807, 2.05) is 0 Å². The van der Waals surface area contributed by atoms with E-state index in [1.54, 1.807) is 12.1 Å². The van der Waals surface area contributed by atoms with Crippen LogP contribution >= 0.6 is 0 Å². The Morgan fingerprint density at radius 2 is 1.66 bits per heavy atom. The fourth-order valence-corrected chi connectivity index (χ4v) is 5.38. The Bertz CT molecular complexity index is 1090. The molecule has 3 aliphatic rings. The number of benzene rings is 2. The molecule has 2 saturated carbocycles. The molecular formula is C24H21FN2O5. The third-order valence-electron chi connectivity index (χ3n) is 6.73. The number of ether oxygens (including phenoxy) is 1. The van der Waals surface area contributed by atoms with Crippen LogP contribution in [0.15, 0.2) is 48.5 Å². The number of anilines is 2. The molecule has 2 aromatic carbocycles. The van der Waals surface area contributed by atoms with Crippen molar-refractivity contribution in [1.82, 2.24) is 0 Å². The Labute approximate surface area is 183 Å². The number of amides is 3. The van der Waals surface area contributed by atoms with Gasteiger partial charge in [-0.1, -0.05) is 6.07 Å². The quantitative estimate of drug-likeness (QED) is 0.574. The molecule has 7 nitrogen and oxygen atoms in total. The fourth-order valence-electron chi connectivity index (χ4n) is 5.38. The molecule has 0 spiro atoms. The number of nitrogens with one attached hydrogen (secondary N) is 1. The van der Waals surface area contributed by atoms with Crippen molar-refractivity contribution in [3.63, 3.8) is 0 Å². The van der Waals surface area contributed by atoms with Crippen LogP contribution in [0.5, 0.6) is 0 Å². The van der Waals surface area contributed by atoms with Crippen LogP contribution in [0, 0.1) is 29.5 Å². The SMILES string of the molecule is O=C(COC(=O)c1cccc(N2C(=O)[C@@H]3[C@H]4CC[C@@H](C4)[C@H]3C2=O)c1)Nc1ccc(F)cc1. The third-order valence-corrected chi connectivity index (χ3v) is 6.73. The second kappa shape index (κ2) is 7.85. The number of rotatable bonds is 5. The van der Waals surface area contributed by atoms with Crippen molar-refractivity contribution in [3.05, 3.63) is 59.9 Å². The number of carbonyl (C=O) groups excluding carboxylic acids is 4. The highest BCUT2D eigenvalue weighted by molar-refractivity contribution is 6.22. The van der Waals surface area contributed by atoms with Crippen LogP contribution in [-0.2, 0) is 19.1 Å². The number of hydrogen-bond acceptors (Lipinski definition) is 5. The first-order valence-electron chi connectivity index (χ1n) is 10.6. The Morgan fingerprint density at radius 1 is 1.00 bits per heavy atom. The molecule has 3 amide bonds. The van der Waals surface area contributed by atoms with Crippen LogP contribution in [0.1, 0.15) is 29.6 Å². The maximum Gasteiger partial charge on any atom is 0.338 e. The van der Waals surface area contributed by atoms with E-state index in [4.69, 9.17) is 4.74 Å². The van der Waals surface area contributed by atoms with Crippen molar-refractivity contribution in [3.8, 4) is 0 Å². The predicted molar refractivity (Wildman–Crippen MR) is 112 cm³/mol. The van der Waals surface area contributed by atoms with E-state index < -0.39 is 24.3 Å². The van der Waals surface area contributed by atoms with E-state index in [0.717, 1.165) is 19.3 Å². The van der Waals surface area contributed by atoms with Gasteiger partial charge in [0.2, 0.25) is 11.8 Å². The van der Waals surface area contributed by atoms with E-state index in [-0.39, 0.29) is 41.0 Å². The van der Waals surface area contributed by atoms with E-state index in [1.165, 1.54) is 41.3 Å². The van der Waals surface area contributed by atoms with E-state index in [0.29, 0.717) is 11.4 Å². The van der Waals surface area contributed by atoms with Crippen molar-refractivity contribution < 1.29 is 28.3 Å². The molecule has 2 aromatic rings. The minimum Gasteiger partial charge on any atom is -0.452 e. The monoisotopic (exact) mass is 436 g/mol. The topological polar surface area (TPSA) is 92.8 Å². The molecule has 1 aliphatic heterocycles. The lowest BCUT2D eigenvalue weighted by Gasteiger charge is -2.19. The standard InChI is InChI=1S/C24H21FN2O5/c25-16-6-8-17(9-7-16)26-19(28)12-32-24(31)15-2-1-3-18(11-15)27-22(29)20-13-4-5-14(10-13)21(20)23(27)30/h1-3,6-9,11,13-14,20-21H,4-5,10,12H2,(H,26,28)/t13-,14-,20+,21+/m0/s1. The smallest absolute Gasteiger partial charge is 0.338 e. The first-order valence-corrected chi connectivity index (χ1v) is 10.6. The maximum atomic E-state index is 13.0.